The fraction of sp³-hybridized carbons (Fsp3) is 0. The molecule has 0 saturated carbocycles. The summed E-state index contributed by atoms with van der Waals surface area (Å²) in [5.74, 6) is 0. The number of fused-ring (bicyclic) bond motifs is 3. The van der Waals surface area contributed by atoms with Crippen LogP contribution in [-0.4, -0.2) is 34.9 Å². The Balaban J connectivity index is 0.0000001000. The molecule has 0 bridgehead atoms. The van der Waals surface area contributed by atoms with Crippen LogP contribution < -0.4 is 0 Å². The minimum absolute atomic E-state index is 0.484. The molecule has 27 heavy (non-hydrogen) atoms. The Morgan fingerprint density at radius 1 is 0.481 bits per heavy atom. The van der Waals surface area contributed by atoms with E-state index in [0.29, 0.717) is 22.7 Å². The van der Waals surface area contributed by atoms with E-state index in [-0.39, 0.29) is 0 Å². The highest BCUT2D eigenvalue weighted by Gasteiger charge is 1.95. The van der Waals surface area contributed by atoms with Gasteiger partial charge in [0.25, 0.3) is 5.71 Å². The Kier molecular flexibility index (Phi) is 4.69. The number of hydrogen-bond donors (Lipinski definition) is 0. The molecule has 0 radical (unpaired) electrons. The van der Waals surface area contributed by atoms with E-state index in [1.807, 2.05) is 24.3 Å². The molecule has 0 saturated heterocycles. The molecule has 0 aliphatic carbocycles. The lowest BCUT2D eigenvalue weighted by Gasteiger charge is -1.78. The van der Waals surface area contributed by atoms with E-state index in [1.54, 1.807) is 24.8 Å². The van der Waals surface area contributed by atoms with Crippen LogP contribution in [0.25, 0.3) is 33.8 Å². The highest BCUT2D eigenvalue weighted by molar-refractivity contribution is 5.66. The van der Waals surface area contributed by atoms with Crippen molar-refractivity contribution >= 4 is 33.8 Å². The lowest BCUT2D eigenvalue weighted by molar-refractivity contribution is 0.590. The summed E-state index contributed by atoms with van der Waals surface area (Å²) in [5, 5.41) is 0. The SMILES string of the molecule is c1cnc2ncoc2c1.c1cnc2ncoc2c1.c1cnc2ocnc2n1. The molecule has 0 fully saturated rings. The minimum Gasteiger partial charge on any atom is -0.442 e. The monoisotopic (exact) mass is 361 g/mol. The van der Waals surface area contributed by atoms with Gasteiger partial charge in [-0.15, -0.1) is 0 Å². The van der Waals surface area contributed by atoms with Crippen molar-refractivity contribution in [2.45, 2.75) is 0 Å². The zero-order chi connectivity index (χ0) is 18.3. The van der Waals surface area contributed by atoms with Gasteiger partial charge in [-0.3, -0.25) is 0 Å². The predicted molar refractivity (Wildman–Crippen MR) is 93.2 cm³/mol. The molecule has 0 aliphatic rings. The Hall–Kier alpha value is -4.21. The Labute approximate surface area is 151 Å². The zero-order valence-corrected chi connectivity index (χ0v) is 13.7. The number of oxazole rings is 3. The first-order chi connectivity index (χ1) is 13.4. The summed E-state index contributed by atoms with van der Waals surface area (Å²) >= 11 is 0. The maximum atomic E-state index is 4.94. The van der Waals surface area contributed by atoms with E-state index in [1.165, 1.54) is 19.2 Å². The topological polar surface area (TPSA) is 130 Å². The Bertz CT molecular complexity index is 1010. The summed E-state index contributed by atoms with van der Waals surface area (Å²) in [5.41, 5.74) is 3.83. The number of nitrogens with zero attached hydrogens (tertiary/aromatic N) is 7. The van der Waals surface area contributed by atoms with Gasteiger partial charge < -0.3 is 13.3 Å². The second kappa shape index (κ2) is 7.78. The first-order valence-corrected chi connectivity index (χ1v) is 7.69. The van der Waals surface area contributed by atoms with E-state index in [4.69, 9.17) is 13.3 Å². The van der Waals surface area contributed by atoms with Crippen LogP contribution in [0.15, 0.2) is 81.5 Å². The predicted octanol–water partition coefficient (Wildman–Crippen LogP) is 3.06. The fourth-order valence-electron chi connectivity index (χ4n) is 2.02. The van der Waals surface area contributed by atoms with Crippen LogP contribution in [0, 0.1) is 0 Å². The molecule has 0 aliphatic heterocycles. The molecular weight excluding hydrogens is 350 g/mol. The quantitative estimate of drug-likeness (QED) is 0.398. The molecule has 6 heterocycles. The summed E-state index contributed by atoms with van der Waals surface area (Å²) in [7, 11) is 0. The van der Waals surface area contributed by atoms with Gasteiger partial charge in [-0.05, 0) is 24.3 Å². The number of aromatic nitrogens is 7. The third-order valence-corrected chi connectivity index (χ3v) is 3.20. The molecule has 0 amide bonds. The minimum atomic E-state index is 0.484. The van der Waals surface area contributed by atoms with Gasteiger partial charge in [-0.1, -0.05) is 0 Å². The van der Waals surface area contributed by atoms with Crippen molar-refractivity contribution in [2.24, 2.45) is 0 Å². The molecule has 6 rings (SSSR count). The van der Waals surface area contributed by atoms with Crippen LogP contribution in [0.4, 0.5) is 0 Å². The van der Waals surface area contributed by atoms with Gasteiger partial charge in [0.15, 0.2) is 41.6 Å². The number of pyridine rings is 2. The summed E-state index contributed by atoms with van der Waals surface area (Å²) < 4.78 is 14.7. The van der Waals surface area contributed by atoms with E-state index in [2.05, 4.69) is 34.9 Å². The lowest BCUT2D eigenvalue weighted by Crippen LogP contribution is -1.75. The van der Waals surface area contributed by atoms with Gasteiger partial charge in [-0.25, -0.2) is 19.9 Å². The largest absolute Gasteiger partial charge is 0.442 e. The maximum Gasteiger partial charge on any atom is 0.266 e. The van der Waals surface area contributed by atoms with Crippen LogP contribution in [-0.2, 0) is 0 Å². The molecule has 6 aromatic rings. The molecule has 0 atom stereocenters. The van der Waals surface area contributed by atoms with Crippen molar-refractivity contribution in [3.05, 3.63) is 68.2 Å². The van der Waals surface area contributed by atoms with Crippen LogP contribution in [0.2, 0.25) is 0 Å². The molecule has 0 unspecified atom stereocenters. The summed E-state index contributed by atoms with van der Waals surface area (Å²) in [6, 6.07) is 7.28. The molecule has 10 heteroatoms. The standard InChI is InChI=1S/2C6H4N2O.C5H3N3O/c2*1-2-5-6(7-3-1)8-4-9-5;1-2-7-5-4(6-1)8-3-9-5/h2*1-4H;1-3H. The molecule has 6 aromatic heterocycles. The normalized spacial score (nSPS) is 10.2. The van der Waals surface area contributed by atoms with Gasteiger partial charge in [0.1, 0.15) is 0 Å². The zero-order valence-electron chi connectivity index (χ0n) is 13.7. The second-order valence-corrected chi connectivity index (χ2v) is 4.89. The summed E-state index contributed by atoms with van der Waals surface area (Å²) in [6.07, 6.45) is 10.6. The average molecular weight is 361 g/mol. The third kappa shape index (κ3) is 3.90. The van der Waals surface area contributed by atoms with E-state index < -0.39 is 0 Å². The summed E-state index contributed by atoms with van der Waals surface area (Å²) in [6.45, 7) is 0. The van der Waals surface area contributed by atoms with Crippen LogP contribution in [0.3, 0.4) is 0 Å². The maximum absolute atomic E-state index is 4.94. The first kappa shape index (κ1) is 16.3. The van der Waals surface area contributed by atoms with Crippen molar-refractivity contribution < 1.29 is 13.3 Å². The molecule has 132 valence electrons. The highest BCUT2D eigenvalue weighted by atomic mass is 16.3. The van der Waals surface area contributed by atoms with Gasteiger partial charge in [0, 0.05) is 24.8 Å². The average Bonchev–Trinajstić information content (AvgIpc) is 3.48. The van der Waals surface area contributed by atoms with Crippen molar-refractivity contribution in [2.75, 3.05) is 0 Å². The Morgan fingerprint density at radius 3 is 1.59 bits per heavy atom. The van der Waals surface area contributed by atoms with Crippen molar-refractivity contribution in [3.8, 4) is 0 Å². The Morgan fingerprint density at radius 2 is 1.00 bits per heavy atom. The van der Waals surface area contributed by atoms with Crippen LogP contribution in [0.1, 0.15) is 0 Å². The van der Waals surface area contributed by atoms with Crippen LogP contribution >= 0.6 is 0 Å². The van der Waals surface area contributed by atoms with Gasteiger partial charge in [0.05, 0.1) is 0 Å². The van der Waals surface area contributed by atoms with Crippen LogP contribution in [0.5, 0.6) is 0 Å². The fourth-order valence-corrected chi connectivity index (χ4v) is 2.02. The van der Waals surface area contributed by atoms with Gasteiger partial charge in [-0.2, -0.15) is 15.0 Å². The van der Waals surface area contributed by atoms with Gasteiger partial charge in [0.2, 0.25) is 5.65 Å². The number of hydrogen-bond acceptors (Lipinski definition) is 10. The number of rotatable bonds is 0. The summed E-state index contributed by atoms with van der Waals surface area (Å²) in [4.78, 5) is 27.1. The van der Waals surface area contributed by atoms with Gasteiger partial charge >= 0.3 is 0 Å². The molecule has 0 spiro atoms. The van der Waals surface area contributed by atoms with E-state index >= 15 is 0 Å². The van der Waals surface area contributed by atoms with E-state index in [9.17, 15) is 0 Å². The second-order valence-electron chi connectivity index (χ2n) is 4.89. The van der Waals surface area contributed by atoms with Crippen molar-refractivity contribution in [1.82, 2.24) is 34.9 Å². The molecule has 10 nitrogen and oxygen atoms in total. The van der Waals surface area contributed by atoms with Crippen molar-refractivity contribution in [1.29, 1.82) is 0 Å². The van der Waals surface area contributed by atoms with Crippen molar-refractivity contribution in [3.63, 3.8) is 0 Å². The molecule has 0 N–H and O–H groups in total. The molecule has 0 aromatic carbocycles. The first-order valence-electron chi connectivity index (χ1n) is 7.69. The molecular formula is C17H11N7O3. The smallest absolute Gasteiger partial charge is 0.266 e. The third-order valence-electron chi connectivity index (χ3n) is 3.20. The lowest BCUT2D eigenvalue weighted by atomic mass is 10.5. The van der Waals surface area contributed by atoms with E-state index in [0.717, 1.165) is 11.2 Å². The highest BCUT2D eigenvalue weighted by Crippen LogP contribution is 2.06.